The van der Waals surface area contributed by atoms with E-state index in [1.807, 2.05) is 39.8 Å². The number of hydrogen-bond acceptors (Lipinski definition) is 4. The Hall–Kier alpha value is -1.29. The zero-order valence-corrected chi connectivity index (χ0v) is 20.5. The first-order chi connectivity index (χ1) is 14.1. The monoisotopic (exact) mass is 432 g/mol. The SMILES string of the molecule is CCO[Si](OCC)(c1ccccc1)C(CC)[Si](OCC)(OCC)c1ccccc1. The van der Waals surface area contributed by atoms with Crippen molar-refractivity contribution in [2.45, 2.75) is 46.2 Å². The molecule has 0 radical (unpaired) electrons. The number of benzene rings is 2. The van der Waals surface area contributed by atoms with Crippen molar-refractivity contribution in [3.63, 3.8) is 0 Å². The van der Waals surface area contributed by atoms with Crippen molar-refractivity contribution in [1.82, 2.24) is 0 Å². The van der Waals surface area contributed by atoms with Crippen LogP contribution in [-0.4, -0.2) is 43.5 Å². The van der Waals surface area contributed by atoms with Gasteiger partial charge in [0.05, 0.1) is 5.16 Å². The van der Waals surface area contributed by atoms with Gasteiger partial charge in [-0.2, -0.15) is 0 Å². The van der Waals surface area contributed by atoms with Crippen molar-refractivity contribution < 1.29 is 17.7 Å². The van der Waals surface area contributed by atoms with Crippen molar-refractivity contribution in [3.8, 4) is 0 Å². The second kappa shape index (κ2) is 11.8. The smallest absolute Gasteiger partial charge is 0.378 e. The Balaban J connectivity index is 2.77. The molecule has 0 bridgehead atoms. The zero-order valence-electron chi connectivity index (χ0n) is 18.5. The van der Waals surface area contributed by atoms with Gasteiger partial charge < -0.3 is 17.7 Å². The summed E-state index contributed by atoms with van der Waals surface area (Å²) in [6.45, 7) is 12.8. The third kappa shape index (κ3) is 5.07. The number of hydrogen-bond donors (Lipinski definition) is 0. The van der Waals surface area contributed by atoms with Crippen LogP contribution in [0.15, 0.2) is 60.7 Å². The van der Waals surface area contributed by atoms with Crippen LogP contribution in [0.1, 0.15) is 41.0 Å². The standard InChI is InChI=1S/C23H36O4Si2/c1-6-23(28(24-7-2,25-8-3)21-17-13-11-14-18-21)29(26-9-4,27-10-5)22-19-15-12-16-20-22/h11-20,23H,6-10H2,1-5H3. The van der Waals surface area contributed by atoms with E-state index in [1.54, 1.807) is 0 Å². The molecule has 0 spiro atoms. The van der Waals surface area contributed by atoms with Crippen LogP contribution in [0.3, 0.4) is 0 Å². The van der Waals surface area contributed by atoms with Crippen molar-refractivity contribution >= 4 is 27.5 Å². The highest BCUT2D eigenvalue weighted by Crippen LogP contribution is 2.38. The number of rotatable bonds is 13. The molecule has 0 aliphatic rings. The Morgan fingerprint density at radius 2 is 0.862 bits per heavy atom. The summed E-state index contributed by atoms with van der Waals surface area (Å²) in [6, 6.07) is 20.9. The van der Waals surface area contributed by atoms with Gasteiger partial charge in [0.25, 0.3) is 0 Å². The van der Waals surface area contributed by atoms with Gasteiger partial charge in [0.1, 0.15) is 0 Å². The Bertz CT molecular complexity index is 625. The molecule has 2 rings (SSSR count). The summed E-state index contributed by atoms with van der Waals surface area (Å²) in [5, 5.41) is 2.32. The van der Waals surface area contributed by atoms with Gasteiger partial charge in [0, 0.05) is 26.4 Å². The van der Waals surface area contributed by atoms with Crippen molar-refractivity contribution in [1.29, 1.82) is 0 Å². The fraction of sp³-hybridized carbons (Fsp3) is 0.478. The lowest BCUT2D eigenvalue weighted by Crippen LogP contribution is -2.70. The molecule has 0 saturated carbocycles. The van der Waals surface area contributed by atoms with Gasteiger partial charge >= 0.3 is 17.1 Å². The van der Waals surface area contributed by atoms with Gasteiger partial charge in [0.2, 0.25) is 0 Å². The Kier molecular flexibility index (Phi) is 9.75. The van der Waals surface area contributed by atoms with E-state index in [-0.39, 0.29) is 5.16 Å². The molecule has 0 aliphatic heterocycles. The fourth-order valence-corrected chi connectivity index (χ4v) is 14.8. The molecular formula is C23H36O4Si2. The molecule has 2 aromatic carbocycles. The maximum atomic E-state index is 6.62. The van der Waals surface area contributed by atoms with Crippen LogP contribution in [-0.2, 0) is 17.7 Å². The minimum Gasteiger partial charge on any atom is -0.391 e. The van der Waals surface area contributed by atoms with Crippen LogP contribution < -0.4 is 10.4 Å². The third-order valence-electron chi connectivity index (χ3n) is 5.11. The molecule has 0 aliphatic carbocycles. The summed E-state index contributed by atoms with van der Waals surface area (Å²) in [7, 11) is -5.76. The van der Waals surface area contributed by atoms with Gasteiger partial charge in [-0.3, -0.25) is 0 Å². The van der Waals surface area contributed by atoms with E-state index in [1.165, 1.54) is 0 Å². The van der Waals surface area contributed by atoms with Crippen molar-refractivity contribution in [2.24, 2.45) is 0 Å². The molecule has 0 saturated heterocycles. The lowest BCUT2D eigenvalue weighted by atomic mass is 10.4. The topological polar surface area (TPSA) is 36.9 Å². The van der Waals surface area contributed by atoms with E-state index in [0.29, 0.717) is 26.4 Å². The average Bonchev–Trinajstić information content (AvgIpc) is 2.76. The summed E-state index contributed by atoms with van der Waals surface area (Å²) in [4.78, 5) is 0. The Morgan fingerprint density at radius 1 is 0.552 bits per heavy atom. The van der Waals surface area contributed by atoms with E-state index in [4.69, 9.17) is 17.7 Å². The van der Waals surface area contributed by atoms with Gasteiger partial charge in [0.15, 0.2) is 0 Å². The van der Waals surface area contributed by atoms with Crippen molar-refractivity contribution in [3.05, 3.63) is 60.7 Å². The van der Waals surface area contributed by atoms with Crippen LogP contribution in [0.25, 0.3) is 0 Å². The van der Waals surface area contributed by atoms with Crippen LogP contribution in [0.4, 0.5) is 0 Å². The minimum atomic E-state index is -2.88. The van der Waals surface area contributed by atoms with Gasteiger partial charge in [-0.25, -0.2) is 0 Å². The molecule has 0 unspecified atom stereocenters. The molecule has 29 heavy (non-hydrogen) atoms. The van der Waals surface area contributed by atoms with Crippen LogP contribution in [0.2, 0.25) is 5.16 Å². The molecule has 0 amide bonds. The molecule has 0 atom stereocenters. The Morgan fingerprint density at radius 3 is 1.10 bits per heavy atom. The predicted molar refractivity (Wildman–Crippen MR) is 124 cm³/mol. The molecule has 4 nitrogen and oxygen atoms in total. The summed E-state index contributed by atoms with van der Waals surface area (Å²) < 4.78 is 26.5. The highest BCUT2D eigenvalue weighted by atomic mass is 28.4. The minimum absolute atomic E-state index is 0.0413. The molecule has 2 aromatic rings. The van der Waals surface area contributed by atoms with Crippen LogP contribution >= 0.6 is 0 Å². The second-order valence-corrected chi connectivity index (χ2v) is 13.7. The van der Waals surface area contributed by atoms with Gasteiger partial charge in [-0.1, -0.05) is 67.6 Å². The van der Waals surface area contributed by atoms with E-state index in [0.717, 1.165) is 16.8 Å². The maximum absolute atomic E-state index is 6.62. The molecule has 160 valence electrons. The second-order valence-electron chi connectivity index (χ2n) is 6.76. The summed E-state index contributed by atoms with van der Waals surface area (Å²) in [5.74, 6) is 0. The normalized spacial score (nSPS) is 12.5. The van der Waals surface area contributed by atoms with E-state index in [9.17, 15) is 0 Å². The maximum Gasteiger partial charge on any atom is 0.378 e. The summed E-state index contributed by atoms with van der Waals surface area (Å²) >= 11 is 0. The lowest BCUT2D eigenvalue weighted by Gasteiger charge is -2.45. The largest absolute Gasteiger partial charge is 0.391 e. The zero-order chi connectivity index (χ0) is 21.2. The molecular weight excluding hydrogens is 396 g/mol. The quantitative estimate of drug-likeness (QED) is 0.446. The average molecular weight is 433 g/mol. The van der Waals surface area contributed by atoms with Gasteiger partial charge in [-0.05, 0) is 44.5 Å². The lowest BCUT2D eigenvalue weighted by molar-refractivity contribution is 0.161. The first kappa shape index (κ1) is 24.0. The Labute approximate surface area is 178 Å². The summed E-state index contributed by atoms with van der Waals surface area (Å²) in [5.41, 5.74) is 0. The molecule has 0 fully saturated rings. The van der Waals surface area contributed by atoms with E-state index >= 15 is 0 Å². The van der Waals surface area contributed by atoms with E-state index in [2.05, 4.69) is 55.5 Å². The molecule has 0 aromatic heterocycles. The van der Waals surface area contributed by atoms with E-state index < -0.39 is 17.1 Å². The predicted octanol–water partition coefficient (Wildman–Crippen LogP) is 4.15. The molecule has 6 heteroatoms. The molecule has 0 heterocycles. The highest BCUT2D eigenvalue weighted by Gasteiger charge is 2.61. The first-order valence-corrected chi connectivity index (χ1v) is 14.6. The van der Waals surface area contributed by atoms with Crippen LogP contribution in [0.5, 0.6) is 0 Å². The van der Waals surface area contributed by atoms with Gasteiger partial charge in [-0.15, -0.1) is 0 Å². The highest BCUT2D eigenvalue weighted by molar-refractivity contribution is 7.00. The summed E-state index contributed by atoms with van der Waals surface area (Å²) in [6.07, 6.45) is 0.863. The third-order valence-corrected chi connectivity index (χ3v) is 15.2. The fourth-order valence-electron chi connectivity index (χ4n) is 4.21. The molecule has 0 N–H and O–H groups in total. The first-order valence-electron chi connectivity index (χ1n) is 10.8. The van der Waals surface area contributed by atoms with Crippen molar-refractivity contribution in [2.75, 3.05) is 26.4 Å². The van der Waals surface area contributed by atoms with Crippen LogP contribution in [0, 0.1) is 0 Å².